The Morgan fingerprint density at radius 1 is 0.971 bits per heavy atom. The van der Waals surface area contributed by atoms with Crippen molar-refractivity contribution < 1.29 is 12.8 Å². The number of nitrogens with two attached hydrogens (primary N) is 1. The molecule has 2 N–H and O–H groups in total. The average Bonchev–Trinajstić information content (AvgIpc) is 3.40. The minimum Gasteiger partial charge on any atom is -0.368 e. The van der Waals surface area contributed by atoms with Gasteiger partial charge in [0.05, 0.1) is 40.5 Å². The molecule has 0 fully saturated rings. The highest BCUT2D eigenvalue weighted by atomic mass is 32.2. The van der Waals surface area contributed by atoms with Gasteiger partial charge >= 0.3 is 0 Å². The van der Waals surface area contributed by atoms with E-state index in [1.54, 1.807) is 50.5 Å². The zero-order valence-electron chi connectivity index (χ0n) is 19.3. The van der Waals surface area contributed by atoms with E-state index in [0.29, 0.717) is 27.9 Å². The van der Waals surface area contributed by atoms with Gasteiger partial charge in [0, 0.05) is 16.7 Å². The first kappa shape index (κ1) is 22.8. The molecular weight excluding hydrogens is 465 g/mol. The minimum absolute atomic E-state index is 0.0889. The molecule has 2 heterocycles. The predicted octanol–water partition coefficient (Wildman–Crippen LogP) is 4.92. The van der Waals surface area contributed by atoms with Gasteiger partial charge in [-0.15, -0.1) is 0 Å². The van der Waals surface area contributed by atoms with E-state index >= 15 is 0 Å². The SMILES string of the molecule is CC(C)S(=O)(=O)n1c(N)nc2ccc(-c3c(-c4ccccc4)ncn3Cc3ccccc3F)cc21. The number of imidazole rings is 2. The van der Waals surface area contributed by atoms with Crippen LogP contribution < -0.4 is 5.73 Å². The monoisotopic (exact) mass is 489 g/mol. The second kappa shape index (κ2) is 8.66. The van der Waals surface area contributed by atoms with Crippen molar-refractivity contribution in [3.63, 3.8) is 0 Å². The number of hydrogen-bond donors (Lipinski definition) is 1. The summed E-state index contributed by atoms with van der Waals surface area (Å²) in [6, 6.07) is 21.6. The highest BCUT2D eigenvalue weighted by Gasteiger charge is 2.25. The maximum absolute atomic E-state index is 14.5. The molecule has 0 saturated heterocycles. The first-order chi connectivity index (χ1) is 16.8. The number of fused-ring (bicyclic) bond motifs is 1. The molecule has 0 aliphatic heterocycles. The van der Waals surface area contributed by atoms with Crippen LogP contribution in [0.15, 0.2) is 79.1 Å². The van der Waals surface area contributed by atoms with Crippen molar-refractivity contribution in [2.75, 3.05) is 5.73 Å². The summed E-state index contributed by atoms with van der Waals surface area (Å²) in [7, 11) is -3.75. The molecule has 0 saturated carbocycles. The van der Waals surface area contributed by atoms with Gasteiger partial charge in [0.1, 0.15) is 5.82 Å². The van der Waals surface area contributed by atoms with Crippen molar-refractivity contribution in [3.05, 3.63) is 90.5 Å². The molecule has 0 unspecified atom stereocenters. The second-order valence-electron chi connectivity index (χ2n) is 8.56. The molecular formula is C26H24FN5O2S. The standard InChI is InChI=1S/C26H24FN5O2S/c1-17(2)35(33,34)32-23-14-19(12-13-22(23)30-26(32)28)25-24(18-8-4-3-5-9-18)29-16-31(25)15-20-10-6-7-11-21(20)27/h3-14,16-17H,15H2,1-2H3,(H2,28,30). The van der Waals surface area contributed by atoms with Gasteiger partial charge < -0.3 is 10.3 Å². The van der Waals surface area contributed by atoms with E-state index in [-0.39, 0.29) is 18.3 Å². The Kier molecular flexibility index (Phi) is 5.64. The van der Waals surface area contributed by atoms with E-state index in [4.69, 9.17) is 5.73 Å². The zero-order chi connectivity index (χ0) is 24.7. The minimum atomic E-state index is -3.75. The van der Waals surface area contributed by atoms with Crippen LogP contribution >= 0.6 is 0 Å². The molecule has 178 valence electrons. The van der Waals surface area contributed by atoms with Crippen LogP contribution in [0.5, 0.6) is 0 Å². The summed E-state index contributed by atoms with van der Waals surface area (Å²) in [5.41, 5.74) is 10.4. The fraction of sp³-hybridized carbons (Fsp3) is 0.154. The second-order valence-corrected chi connectivity index (χ2v) is 10.9. The number of benzene rings is 3. The van der Waals surface area contributed by atoms with E-state index in [0.717, 1.165) is 15.2 Å². The molecule has 0 aliphatic rings. The van der Waals surface area contributed by atoms with Gasteiger partial charge in [-0.1, -0.05) is 54.6 Å². The van der Waals surface area contributed by atoms with Crippen LogP contribution in [0.25, 0.3) is 33.5 Å². The summed E-state index contributed by atoms with van der Waals surface area (Å²) < 4.78 is 43.5. The molecule has 0 amide bonds. The molecule has 0 aliphatic carbocycles. The maximum atomic E-state index is 14.5. The Morgan fingerprint density at radius 2 is 1.69 bits per heavy atom. The van der Waals surface area contributed by atoms with E-state index in [1.165, 1.54) is 6.07 Å². The van der Waals surface area contributed by atoms with E-state index in [9.17, 15) is 12.8 Å². The molecule has 5 rings (SSSR count). The number of aromatic nitrogens is 4. The summed E-state index contributed by atoms with van der Waals surface area (Å²) in [6.45, 7) is 3.45. The van der Waals surface area contributed by atoms with E-state index < -0.39 is 15.3 Å². The van der Waals surface area contributed by atoms with Crippen molar-refractivity contribution in [3.8, 4) is 22.5 Å². The van der Waals surface area contributed by atoms with Crippen LogP contribution in [-0.2, 0) is 16.6 Å². The van der Waals surface area contributed by atoms with Gasteiger partial charge in [0.15, 0.2) is 0 Å². The first-order valence-electron chi connectivity index (χ1n) is 11.1. The van der Waals surface area contributed by atoms with E-state index in [2.05, 4.69) is 9.97 Å². The predicted molar refractivity (Wildman–Crippen MR) is 136 cm³/mol. The lowest BCUT2D eigenvalue weighted by Gasteiger charge is -2.14. The molecule has 0 bridgehead atoms. The summed E-state index contributed by atoms with van der Waals surface area (Å²) in [5.74, 6) is -0.397. The Morgan fingerprint density at radius 3 is 2.40 bits per heavy atom. The number of nitrogens with zero attached hydrogens (tertiary/aromatic N) is 4. The number of anilines is 1. The van der Waals surface area contributed by atoms with Crippen LogP contribution in [-0.4, -0.2) is 32.2 Å². The lowest BCUT2D eigenvalue weighted by atomic mass is 10.0. The average molecular weight is 490 g/mol. The number of nitrogen functional groups attached to an aromatic ring is 1. The number of rotatable bonds is 6. The third kappa shape index (κ3) is 3.97. The first-order valence-corrected chi connectivity index (χ1v) is 12.6. The highest BCUT2D eigenvalue weighted by molar-refractivity contribution is 7.90. The van der Waals surface area contributed by atoms with Crippen LogP contribution in [0.1, 0.15) is 19.4 Å². The summed E-state index contributed by atoms with van der Waals surface area (Å²) in [6.07, 6.45) is 1.67. The Bertz CT molecular complexity index is 1640. The maximum Gasteiger partial charge on any atom is 0.244 e. The molecule has 35 heavy (non-hydrogen) atoms. The summed E-state index contributed by atoms with van der Waals surface area (Å²) >= 11 is 0. The molecule has 3 aromatic carbocycles. The third-order valence-electron chi connectivity index (χ3n) is 5.94. The normalized spacial score (nSPS) is 12.0. The van der Waals surface area contributed by atoms with Crippen LogP contribution in [0.4, 0.5) is 10.3 Å². The van der Waals surface area contributed by atoms with Crippen molar-refractivity contribution in [2.45, 2.75) is 25.6 Å². The highest BCUT2D eigenvalue weighted by Crippen LogP contribution is 2.34. The fourth-order valence-corrected chi connectivity index (χ4v) is 5.26. The van der Waals surface area contributed by atoms with Crippen molar-refractivity contribution >= 4 is 27.0 Å². The van der Waals surface area contributed by atoms with Crippen molar-refractivity contribution in [2.24, 2.45) is 0 Å². The van der Waals surface area contributed by atoms with Crippen molar-refractivity contribution in [1.82, 2.24) is 18.5 Å². The van der Waals surface area contributed by atoms with Gasteiger partial charge in [-0.2, -0.15) is 0 Å². The quantitative estimate of drug-likeness (QED) is 0.365. The molecule has 0 atom stereocenters. The Hall–Kier alpha value is -3.98. The van der Waals surface area contributed by atoms with Crippen LogP contribution in [0, 0.1) is 5.82 Å². The topological polar surface area (TPSA) is 95.8 Å². The Labute approximate surface area is 202 Å². The largest absolute Gasteiger partial charge is 0.368 e. The molecule has 5 aromatic rings. The summed E-state index contributed by atoms with van der Waals surface area (Å²) in [4.78, 5) is 8.90. The van der Waals surface area contributed by atoms with Gasteiger partial charge in [0.25, 0.3) is 0 Å². The third-order valence-corrected chi connectivity index (χ3v) is 8.03. The lowest BCUT2D eigenvalue weighted by Crippen LogP contribution is -2.23. The van der Waals surface area contributed by atoms with Crippen molar-refractivity contribution in [1.29, 1.82) is 0 Å². The van der Waals surface area contributed by atoms with Gasteiger partial charge in [-0.05, 0) is 32.0 Å². The van der Waals surface area contributed by atoms with Gasteiger partial charge in [-0.3, -0.25) is 0 Å². The molecule has 2 aromatic heterocycles. The smallest absolute Gasteiger partial charge is 0.244 e. The summed E-state index contributed by atoms with van der Waals surface area (Å²) in [5, 5.41) is -0.683. The zero-order valence-corrected chi connectivity index (χ0v) is 20.1. The van der Waals surface area contributed by atoms with E-state index in [1.807, 2.05) is 41.0 Å². The van der Waals surface area contributed by atoms with Gasteiger partial charge in [0.2, 0.25) is 16.0 Å². The molecule has 0 spiro atoms. The van der Waals surface area contributed by atoms with Gasteiger partial charge in [-0.25, -0.2) is 26.7 Å². The number of halogens is 1. The van der Waals surface area contributed by atoms with Crippen LogP contribution in [0.3, 0.4) is 0 Å². The molecule has 9 heteroatoms. The molecule has 0 radical (unpaired) electrons. The fourth-order valence-electron chi connectivity index (χ4n) is 4.12. The van der Waals surface area contributed by atoms with Crippen LogP contribution in [0.2, 0.25) is 0 Å². The lowest BCUT2D eigenvalue weighted by molar-refractivity contribution is 0.580. The molecule has 7 nitrogen and oxygen atoms in total. The Balaban J connectivity index is 1.74. The number of hydrogen-bond acceptors (Lipinski definition) is 5.